The van der Waals surface area contributed by atoms with Crippen LogP contribution in [0.3, 0.4) is 0 Å². The summed E-state index contributed by atoms with van der Waals surface area (Å²) in [6.07, 6.45) is 0.543. The predicted octanol–water partition coefficient (Wildman–Crippen LogP) is 1.92. The average Bonchev–Trinajstić information content (AvgIpc) is 2.81. The molecule has 4 heteroatoms. The van der Waals surface area contributed by atoms with Gasteiger partial charge in [0, 0.05) is 5.54 Å². The Morgan fingerprint density at radius 2 is 1.87 bits per heavy atom. The van der Waals surface area contributed by atoms with Crippen LogP contribution in [0.25, 0.3) is 0 Å². The van der Waals surface area contributed by atoms with Crippen molar-refractivity contribution < 1.29 is 15.0 Å². The molecule has 0 aromatic heterocycles. The summed E-state index contributed by atoms with van der Waals surface area (Å²) in [6.45, 7) is 7.31. The molecule has 0 aromatic rings. The van der Waals surface area contributed by atoms with Crippen LogP contribution in [0, 0.1) is 5.92 Å². The molecule has 1 amide bonds. The van der Waals surface area contributed by atoms with Gasteiger partial charge in [-0.15, -0.1) is 0 Å². The lowest BCUT2D eigenvalue weighted by atomic mass is 9.99. The van der Waals surface area contributed by atoms with Crippen molar-refractivity contribution in [3.63, 3.8) is 0 Å². The topological polar surface area (TPSA) is 60.8 Å². The number of hydrogen-bond acceptors (Lipinski definition) is 2. The number of carboxylic acid groups (broad SMARTS) is 1. The summed E-state index contributed by atoms with van der Waals surface area (Å²) in [5, 5.41) is 19.1. The zero-order valence-corrected chi connectivity index (χ0v) is 9.90. The summed E-state index contributed by atoms with van der Waals surface area (Å²) >= 11 is 0. The molecule has 0 spiro atoms. The van der Waals surface area contributed by atoms with Gasteiger partial charge in [0.25, 0.3) is 0 Å². The van der Waals surface area contributed by atoms with E-state index in [1.165, 1.54) is 4.90 Å². The fourth-order valence-electron chi connectivity index (χ4n) is 2.06. The maximum Gasteiger partial charge on any atom is 0.408 e. The highest BCUT2D eigenvalue weighted by atomic mass is 16.4. The van der Waals surface area contributed by atoms with Crippen LogP contribution in [-0.4, -0.2) is 38.9 Å². The van der Waals surface area contributed by atoms with Gasteiger partial charge in [-0.2, -0.15) is 0 Å². The van der Waals surface area contributed by atoms with Gasteiger partial charge in [0.05, 0.1) is 12.1 Å². The van der Waals surface area contributed by atoms with E-state index in [0.29, 0.717) is 5.92 Å². The fraction of sp³-hybridized carbons (Fsp3) is 0.909. The molecule has 15 heavy (non-hydrogen) atoms. The van der Waals surface area contributed by atoms with Crippen molar-refractivity contribution >= 4 is 6.09 Å². The Balaban J connectivity index is 2.74. The minimum absolute atomic E-state index is 0.296. The van der Waals surface area contributed by atoms with Crippen molar-refractivity contribution in [3.05, 3.63) is 0 Å². The van der Waals surface area contributed by atoms with Gasteiger partial charge in [-0.1, -0.05) is 0 Å². The Morgan fingerprint density at radius 3 is 2.13 bits per heavy atom. The predicted molar refractivity (Wildman–Crippen MR) is 57.8 cm³/mol. The first-order chi connectivity index (χ1) is 6.75. The number of rotatable bonds is 3. The summed E-state index contributed by atoms with van der Waals surface area (Å²) < 4.78 is 0. The third kappa shape index (κ3) is 2.84. The molecule has 0 aromatic carbocycles. The molecule has 88 valence electrons. The zero-order valence-electron chi connectivity index (χ0n) is 9.90. The smallest absolute Gasteiger partial charge is 0.408 e. The maximum atomic E-state index is 11.1. The third-order valence-corrected chi connectivity index (χ3v) is 2.94. The van der Waals surface area contributed by atoms with E-state index in [-0.39, 0.29) is 6.04 Å². The van der Waals surface area contributed by atoms with Gasteiger partial charge in [-0.3, -0.25) is 4.90 Å². The lowest BCUT2D eigenvalue weighted by molar-refractivity contribution is 0.00616. The molecule has 0 saturated heterocycles. The molecule has 2 N–H and O–H groups in total. The van der Waals surface area contributed by atoms with Crippen LogP contribution in [-0.2, 0) is 0 Å². The molecule has 1 aliphatic carbocycles. The summed E-state index contributed by atoms with van der Waals surface area (Å²) in [4.78, 5) is 12.5. The van der Waals surface area contributed by atoms with Gasteiger partial charge in [-0.25, -0.2) is 4.79 Å². The Labute approximate surface area is 90.9 Å². The average molecular weight is 215 g/mol. The van der Waals surface area contributed by atoms with Crippen molar-refractivity contribution in [3.8, 4) is 0 Å². The number of nitrogens with zero attached hydrogens (tertiary/aromatic N) is 1. The minimum atomic E-state index is -0.963. The third-order valence-electron chi connectivity index (χ3n) is 2.94. The van der Waals surface area contributed by atoms with Crippen molar-refractivity contribution in [2.45, 2.75) is 58.2 Å². The van der Waals surface area contributed by atoms with E-state index in [1.54, 1.807) is 6.92 Å². The zero-order chi connectivity index (χ0) is 11.8. The molecule has 2 atom stereocenters. The number of carbonyl (C=O) groups is 1. The molecule has 1 aliphatic rings. The van der Waals surface area contributed by atoms with Crippen molar-refractivity contribution in [2.75, 3.05) is 0 Å². The second-order valence-corrected chi connectivity index (χ2v) is 5.39. The maximum absolute atomic E-state index is 11.1. The van der Waals surface area contributed by atoms with E-state index in [2.05, 4.69) is 0 Å². The first-order valence-electron chi connectivity index (χ1n) is 5.45. The van der Waals surface area contributed by atoms with Crippen LogP contribution in [0.1, 0.15) is 40.5 Å². The standard InChI is InChI=1S/C11H21NO3/c1-7(9(13)8-5-6-8)12(10(14)15)11(2,3)4/h7-9,13H,5-6H2,1-4H3,(H,14,15)/t7-,9?/m0/s1. The normalized spacial score (nSPS) is 20.9. The van der Waals surface area contributed by atoms with Crippen molar-refractivity contribution in [2.24, 2.45) is 5.92 Å². The molecule has 0 bridgehead atoms. The largest absolute Gasteiger partial charge is 0.465 e. The lowest BCUT2D eigenvalue weighted by Gasteiger charge is -2.40. The van der Waals surface area contributed by atoms with E-state index in [4.69, 9.17) is 5.11 Å². The van der Waals surface area contributed by atoms with Gasteiger partial charge < -0.3 is 10.2 Å². The Bertz CT molecular complexity index is 243. The molecular weight excluding hydrogens is 194 g/mol. The van der Waals surface area contributed by atoms with E-state index < -0.39 is 17.7 Å². The lowest BCUT2D eigenvalue weighted by Crippen LogP contribution is -2.54. The highest BCUT2D eigenvalue weighted by Crippen LogP contribution is 2.36. The highest BCUT2D eigenvalue weighted by molar-refractivity contribution is 5.66. The van der Waals surface area contributed by atoms with Gasteiger partial charge in [0.2, 0.25) is 0 Å². The van der Waals surface area contributed by atoms with Gasteiger partial charge in [-0.05, 0) is 46.5 Å². The van der Waals surface area contributed by atoms with Crippen molar-refractivity contribution in [1.82, 2.24) is 4.90 Å². The summed E-state index contributed by atoms with van der Waals surface area (Å²) in [5.74, 6) is 0.296. The first kappa shape index (κ1) is 12.3. The monoisotopic (exact) mass is 215 g/mol. The summed E-state index contributed by atoms with van der Waals surface area (Å²) in [7, 11) is 0. The van der Waals surface area contributed by atoms with E-state index in [9.17, 15) is 9.90 Å². The van der Waals surface area contributed by atoms with E-state index >= 15 is 0 Å². The van der Waals surface area contributed by atoms with Gasteiger partial charge >= 0.3 is 6.09 Å². The Morgan fingerprint density at radius 1 is 1.40 bits per heavy atom. The Kier molecular flexibility index (Phi) is 3.28. The highest BCUT2D eigenvalue weighted by Gasteiger charge is 2.40. The fourth-order valence-corrected chi connectivity index (χ4v) is 2.06. The minimum Gasteiger partial charge on any atom is -0.465 e. The number of aliphatic hydroxyl groups excluding tert-OH is 1. The molecule has 1 rings (SSSR count). The Hall–Kier alpha value is -0.770. The molecule has 0 aliphatic heterocycles. The number of aliphatic hydroxyl groups is 1. The number of hydrogen-bond donors (Lipinski definition) is 2. The van der Waals surface area contributed by atoms with Gasteiger partial charge in [0.1, 0.15) is 0 Å². The van der Waals surface area contributed by atoms with Gasteiger partial charge in [0.15, 0.2) is 0 Å². The molecule has 0 heterocycles. The number of amides is 1. The van der Waals surface area contributed by atoms with Crippen LogP contribution >= 0.6 is 0 Å². The summed E-state index contributed by atoms with van der Waals surface area (Å²) in [6, 6.07) is -0.338. The van der Waals surface area contributed by atoms with E-state index in [1.807, 2.05) is 20.8 Å². The molecule has 4 nitrogen and oxygen atoms in total. The molecule has 0 radical (unpaired) electrons. The van der Waals surface area contributed by atoms with E-state index in [0.717, 1.165) is 12.8 Å². The quantitative estimate of drug-likeness (QED) is 0.756. The molecule has 1 unspecified atom stereocenters. The SMILES string of the molecule is C[C@@H](C(O)C1CC1)N(C(=O)O)C(C)(C)C. The summed E-state index contributed by atoms with van der Waals surface area (Å²) in [5.41, 5.74) is -0.471. The van der Waals surface area contributed by atoms with Crippen LogP contribution in [0.15, 0.2) is 0 Å². The molecular formula is C11H21NO3. The van der Waals surface area contributed by atoms with Crippen LogP contribution in [0.2, 0.25) is 0 Å². The second-order valence-electron chi connectivity index (χ2n) is 5.39. The van der Waals surface area contributed by atoms with Crippen LogP contribution in [0.4, 0.5) is 4.79 Å². The van der Waals surface area contributed by atoms with Crippen LogP contribution < -0.4 is 0 Å². The van der Waals surface area contributed by atoms with Crippen molar-refractivity contribution in [1.29, 1.82) is 0 Å². The van der Waals surface area contributed by atoms with Crippen LogP contribution in [0.5, 0.6) is 0 Å². The second kappa shape index (κ2) is 4.00. The molecule has 1 fully saturated rings. The molecule has 1 saturated carbocycles. The first-order valence-corrected chi connectivity index (χ1v) is 5.45.